The van der Waals surface area contributed by atoms with Crippen LogP contribution in [0.5, 0.6) is 0 Å². The molecule has 0 radical (unpaired) electrons. The van der Waals surface area contributed by atoms with Gasteiger partial charge >= 0.3 is 0 Å². The fourth-order valence-corrected chi connectivity index (χ4v) is 3.24. The molecule has 3 rings (SSSR count). The topological polar surface area (TPSA) is 42.7 Å². The number of halogens is 1. The van der Waals surface area contributed by atoms with Gasteiger partial charge in [0.25, 0.3) is 0 Å². The van der Waals surface area contributed by atoms with Crippen molar-refractivity contribution in [1.82, 2.24) is 14.8 Å². The van der Waals surface area contributed by atoms with Gasteiger partial charge in [0, 0.05) is 9.90 Å². The molecule has 0 bridgehead atoms. The van der Waals surface area contributed by atoms with Gasteiger partial charge in [0.05, 0.1) is 17.4 Å². The molecule has 3 aromatic rings. The fourth-order valence-electron chi connectivity index (χ4n) is 2.21. The second kappa shape index (κ2) is 6.28. The molecule has 1 atom stereocenters. The highest BCUT2D eigenvalue weighted by Gasteiger charge is 2.14. The molecule has 0 fully saturated rings. The molecule has 21 heavy (non-hydrogen) atoms. The van der Waals surface area contributed by atoms with E-state index in [-0.39, 0.29) is 6.04 Å². The van der Waals surface area contributed by atoms with Crippen LogP contribution < -0.4 is 5.32 Å². The molecule has 108 valence electrons. The Bertz CT molecular complexity index is 695. The van der Waals surface area contributed by atoms with Gasteiger partial charge in [0.15, 0.2) is 0 Å². The minimum Gasteiger partial charge on any atom is -0.376 e. The van der Waals surface area contributed by atoms with Gasteiger partial charge in [-0.2, -0.15) is 5.10 Å². The fraction of sp³-hybridized carbons (Fsp3) is 0.200. The van der Waals surface area contributed by atoms with Crippen molar-refractivity contribution in [2.75, 3.05) is 5.32 Å². The third-order valence-electron chi connectivity index (χ3n) is 3.25. The summed E-state index contributed by atoms with van der Waals surface area (Å²) in [4.78, 5) is 5.31. The number of hydrogen-bond donors (Lipinski definition) is 1. The van der Waals surface area contributed by atoms with E-state index in [9.17, 15) is 0 Å². The first-order chi connectivity index (χ1) is 10.3. The number of anilines is 1. The Morgan fingerprint density at radius 3 is 2.95 bits per heavy atom. The van der Waals surface area contributed by atoms with E-state index in [1.54, 1.807) is 22.3 Å². The van der Waals surface area contributed by atoms with E-state index in [1.165, 1.54) is 11.2 Å². The quantitative estimate of drug-likeness (QED) is 0.750. The first kappa shape index (κ1) is 14.1. The monoisotopic (exact) mass is 318 g/mol. The predicted octanol–water partition coefficient (Wildman–Crippen LogP) is 4.55. The van der Waals surface area contributed by atoms with Crippen LogP contribution in [0.4, 0.5) is 5.69 Å². The van der Waals surface area contributed by atoms with Crippen LogP contribution in [-0.4, -0.2) is 14.8 Å². The molecule has 2 heterocycles. The minimum absolute atomic E-state index is 0.255. The molecule has 6 heteroatoms. The Kier molecular flexibility index (Phi) is 4.22. The van der Waals surface area contributed by atoms with Crippen molar-refractivity contribution in [2.45, 2.75) is 19.4 Å². The number of thiophene rings is 1. The Morgan fingerprint density at radius 2 is 2.29 bits per heavy atom. The highest BCUT2D eigenvalue weighted by molar-refractivity contribution is 7.10. The SMILES string of the molecule is CCC(Nc1cc(Cl)ccc1-n1cncn1)c1cccs1. The Balaban J connectivity index is 1.96. The number of rotatable bonds is 5. The molecule has 0 spiro atoms. The summed E-state index contributed by atoms with van der Waals surface area (Å²) >= 11 is 7.90. The molecular weight excluding hydrogens is 304 g/mol. The number of nitrogens with one attached hydrogen (secondary N) is 1. The Labute approximate surface area is 132 Å². The molecule has 1 aromatic carbocycles. The van der Waals surface area contributed by atoms with Crippen LogP contribution in [0.3, 0.4) is 0 Å². The van der Waals surface area contributed by atoms with Crippen molar-refractivity contribution in [3.05, 3.63) is 58.3 Å². The first-order valence-corrected chi connectivity index (χ1v) is 7.98. The van der Waals surface area contributed by atoms with Gasteiger partial charge in [-0.25, -0.2) is 9.67 Å². The van der Waals surface area contributed by atoms with Crippen LogP contribution in [0.25, 0.3) is 5.69 Å². The van der Waals surface area contributed by atoms with Gasteiger partial charge in [-0.05, 0) is 36.1 Å². The number of benzene rings is 1. The molecule has 0 aliphatic heterocycles. The maximum absolute atomic E-state index is 6.15. The summed E-state index contributed by atoms with van der Waals surface area (Å²) in [6.45, 7) is 2.16. The van der Waals surface area contributed by atoms with E-state index in [1.807, 2.05) is 18.2 Å². The van der Waals surface area contributed by atoms with Crippen LogP contribution in [0.1, 0.15) is 24.3 Å². The summed E-state index contributed by atoms with van der Waals surface area (Å²) in [6, 6.07) is 10.2. The van der Waals surface area contributed by atoms with Crippen LogP contribution in [0.15, 0.2) is 48.4 Å². The van der Waals surface area contributed by atoms with Gasteiger partial charge in [-0.15, -0.1) is 11.3 Å². The Morgan fingerprint density at radius 1 is 1.38 bits per heavy atom. The smallest absolute Gasteiger partial charge is 0.138 e. The number of hydrogen-bond acceptors (Lipinski definition) is 4. The zero-order valence-corrected chi connectivity index (χ0v) is 13.1. The van der Waals surface area contributed by atoms with E-state index >= 15 is 0 Å². The standard InChI is InChI=1S/C15H15ClN4S/c1-2-12(15-4-3-7-21-15)19-13-8-11(16)5-6-14(13)20-10-17-9-18-20/h3-10,12,19H,2H2,1H3. The van der Waals surface area contributed by atoms with Gasteiger partial charge in [0.1, 0.15) is 12.7 Å². The minimum atomic E-state index is 0.255. The van der Waals surface area contributed by atoms with Gasteiger partial charge in [0.2, 0.25) is 0 Å². The summed E-state index contributed by atoms with van der Waals surface area (Å²) in [5.41, 5.74) is 1.89. The normalized spacial score (nSPS) is 12.3. The Hall–Kier alpha value is -1.85. The maximum Gasteiger partial charge on any atom is 0.138 e. The van der Waals surface area contributed by atoms with Crippen molar-refractivity contribution in [2.24, 2.45) is 0 Å². The maximum atomic E-state index is 6.15. The predicted molar refractivity (Wildman–Crippen MR) is 87.3 cm³/mol. The van der Waals surface area contributed by atoms with E-state index in [0.29, 0.717) is 5.02 Å². The zero-order valence-electron chi connectivity index (χ0n) is 11.5. The number of aromatic nitrogens is 3. The molecule has 0 saturated carbocycles. The van der Waals surface area contributed by atoms with Crippen LogP contribution >= 0.6 is 22.9 Å². The lowest BCUT2D eigenvalue weighted by atomic mass is 10.1. The van der Waals surface area contributed by atoms with Crippen molar-refractivity contribution < 1.29 is 0 Å². The second-order valence-electron chi connectivity index (χ2n) is 4.62. The van der Waals surface area contributed by atoms with Gasteiger partial charge < -0.3 is 5.32 Å². The van der Waals surface area contributed by atoms with E-state index < -0.39 is 0 Å². The highest BCUT2D eigenvalue weighted by Crippen LogP contribution is 2.30. The summed E-state index contributed by atoms with van der Waals surface area (Å²) in [5, 5.41) is 10.6. The lowest BCUT2D eigenvalue weighted by molar-refractivity contribution is 0.759. The molecule has 0 amide bonds. The van der Waals surface area contributed by atoms with Crippen molar-refractivity contribution >= 4 is 28.6 Å². The second-order valence-corrected chi connectivity index (χ2v) is 6.04. The van der Waals surface area contributed by atoms with Gasteiger partial charge in [-0.3, -0.25) is 0 Å². The highest BCUT2D eigenvalue weighted by atomic mass is 35.5. The summed E-state index contributed by atoms with van der Waals surface area (Å²) < 4.78 is 1.74. The average molecular weight is 319 g/mol. The third kappa shape index (κ3) is 3.09. The lowest BCUT2D eigenvalue weighted by Crippen LogP contribution is -2.11. The zero-order chi connectivity index (χ0) is 14.7. The molecule has 4 nitrogen and oxygen atoms in total. The summed E-state index contributed by atoms with van der Waals surface area (Å²) in [6.07, 6.45) is 4.19. The third-order valence-corrected chi connectivity index (χ3v) is 4.47. The van der Waals surface area contributed by atoms with E-state index in [2.05, 4.69) is 39.8 Å². The molecule has 1 unspecified atom stereocenters. The molecule has 0 aliphatic rings. The van der Waals surface area contributed by atoms with E-state index in [4.69, 9.17) is 11.6 Å². The molecule has 0 saturated heterocycles. The van der Waals surface area contributed by atoms with Gasteiger partial charge in [-0.1, -0.05) is 24.6 Å². The molecule has 1 N–H and O–H groups in total. The number of nitrogens with zero attached hydrogens (tertiary/aromatic N) is 3. The van der Waals surface area contributed by atoms with E-state index in [0.717, 1.165) is 17.8 Å². The first-order valence-electron chi connectivity index (χ1n) is 6.72. The molecule has 0 aliphatic carbocycles. The summed E-state index contributed by atoms with van der Waals surface area (Å²) in [5.74, 6) is 0. The molecular formula is C15H15ClN4S. The largest absolute Gasteiger partial charge is 0.376 e. The lowest BCUT2D eigenvalue weighted by Gasteiger charge is -2.19. The van der Waals surface area contributed by atoms with Crippen LogP contribution in [-0.2, 0) is 0 Å². The molecule has 2 aromatic heterocycles. The summed E-state index contributed by atoms with van der Waals surface area (Å²) in [7, 11) is 0. The van der Waals surface area contributed by atoms with Crippen molar-refractivity contribution in [3.63, 3.8) is 0 Å². The average Bonchev–Trinajstić information content (AvgIpc) is 3.18. The van der Waals surface area contributed by atoms with Crippen LogP contribution in [0.2, 0.25) is 5.02 Å². The van der Waals surface area contributed by atoms with Crippen molar-refractivity contribution in [3.8, 4) is 5.69 Å². The van der Waals surface area contributed by atoms with Crippen LogP contribution in [0, 0.1) is 0 Å². The van der Waals surface area contributed by atoms with Crippen molar-refractivity contribution in [1.29, 1.82) is 0 Å².